The van der Waals surface area contributed by atoms with Gasteiger partial charge in [-0.1, -0.05) is 11.6 Å². The highest BCUT2D eigenvalue weighted by Gasteiger charge is 2.21. The van der Waals surface area contributed by atoms with Gasteiger partial charge >= 0.3 is 17.9 Å². The van der Waals surface area contributed by atoms with Crippen LogP contribution in [0.2, 0.25) is 5.02 Å². The van der Waals surface area contributed by atoms with Crippen LogP contribution >= 0.6 is 35.3 Å². The quantitative estimate of drug-likeness (QED) is 0.109. The topological polar surface area (TPSA) is 189 Å². The van der Waals surface area contributed by atoms with E-state index in [1.165, 1.54) is 53.2 Å². The third-order valence-corrected chi connectivity index (χ3v) is 6.48. The van der Waals surface area contributed by atoms with Crippen molar-refractivity contribution in [3.8, 4) is 5.75 Å². The average molecular weight is 610 g/mol. The largest absolute Gasteiger partial charge is 0.480 e. The number of aliphatic imine (C=N–C) groups is 1. The summed E-state index contributed by atoms with van der Waals surface area (Å²) in [6.45, 7) is -0.650. The molecule has 15 heteroatoms. The zero-order valence-electron chi connectivity index (χ0n) is 20.9. The number of rotatable bonds is 11. The zero-order valence-corrected chi connectivity index (χ0v) is 23.3. The van der Waals surface area contributed by atoms with E-state index in [0.29, 0.717) is 16.9 Å². The van der Waals surface area contributed by atoms with E-state index < -0.39 is 30.4 Å². The Morgan fingerprint density at radius 3 is 2.25 bits per heavy atom. The Morgan fingerprint density at radius 1 is 1.02 bits per heavy atom. The monoisotopic (exact) mass is 609 g/mol. The number of halogens is 2. The van der Waals surface area contributed by atoms with Crippen LogP contribution in [-0.4, -0.2) is 65.0 Å². The molecule has 0 unspecified atom stereocenters. The number of aromatic carboxylic acids is 1. The van der Waals surface area contributed by atoms with Crippen molar-refractivity contribution in [3.05, 3.63) is 74.9 Å². The minimum atomic E-state index is -1.14. The number of nitrogens with two attached hydrogens (primary N) is 2. The lowest BCUT2D eigenvalue weighted by Crippen LogP contribution is -2.40. The van der Waals surface area contributed by atoms with Crippen LogP contribution in [0.4, 0.5) is 11.4 Å². The fraction of sp³-hybridized carbons (Fsp3) is 0.160. The van der Waals surface area contributed by atoms with Crippen LogP contribution in [0, 0.1) is 0 Å². The number of ether oxygens (including phenoxy) is 1. The van der Waals surface area contributed by atoms with Gasteiger partial charge in [-0.05, 0) is 53.4 Å². The number of carboxylic acids is 2. The highest BCUT2D eigenvalue weighted by atomic mass is 35.5. The number of esters is 1. The first kappa shape index (κ1) is 32.0. The molecular formula is C25H25Cl2N5O7S. The smallest absolute Gasteiger partial charge is 0.345 e. The molecule has 6 N–H and O–H groups in total. The molecule has 3 rings (SSSR count). The molecule has 40 heavy (non-hydrogen) atoms. The molecule has 0 aliphatic carbocycles. The summed E-state index contributed by atoms with van der Waals surface area (Å²) >= 11 is 7.38. The molecule has 0 aliphatic rings. The van der Waals surface area contributed by atoms with Crippen LogP contribution in [0.3, 0.4) is 0 Å². The van der Waals surface area contributed by atoms with Crippen LogP contribution in [-0.2, 0) is 16.1 Å². The number of thiophene rings is 1. The van der Waals surface area contributed by atoms with Crippen LogP contribution in [0.5, 0.6) is 5.75 Å². The van der Waals surface area contributed by atoms with Gasteiger partial charge in [-0.25, -0.2) is 14.6 Å². The lowest BCUT2D eigenvalue weighted by atomic mass is 10.2. The molecule has 1 amide bonds. The van der Waals surface area contributed by atoms with Gasteiger partial charge in [-0.15, -0.1) is 23.7 Å². The number of amides is 1. The van der Waals surface area contributed by atoms with E-state index in [0.717, 1.165) is 11.3 Å². The number of hydrogen-bond acceptors (Lipinski definition) is 8. The van der Waals surface area contributed by atoms with Gasteiger partial charge in [0, 0.05) is 19.7 Å². The second-order valence-electron chi connectivity index (χ2n) is 8.20. The number of carbonyl (C=O) groups is 4. The predicted octanol–water partition coefficient (Wildman–Crippen LogP) is 3.20. The van der Waals surface area contributed by atoms with E-state index in [2.05, 4.69) is 4.99 Å². The van der Waals surface area contributed by atoms with Gasteiger partial charge in [0.25, 0.3) is 0 Å². The molecule has 3 aromatic rings. The molecular weight excluding hydrogens is 585 g/mol. The number of aliphatic carboxylic acids is 1. The van der Waals surface area contributed by atoms with Gasteiger partial charge in [0.2, 0.25) is 5.91 Å². The summed E-state index contributed by atoms with van der Waals surface area (Å²) in [6, 6.07) is 11.8. The van der Waals surface area contributed by atoms with E-state index in [1.54, 1.807) is 17.5 Å². The normalized spacial score (nSPS) is 10.4. The first-order valence-electron chi connectivity index (χ1n) is 11.2. The van der Waals surface area contributed by atoms with Crippen molar-refractivity contribution in [2.75, 3.05) is 25.0 Å². The number of benzene rings is 2. The molecule has 0 radical (unpaired) electrons. The van der Waals surface area contributed by atoms with Crippen molar-refractivity contribution in [1.82, 2.24) is 4.90 Å². The lowest BCUT2D eigenvalue weighted by molar-refractivity contribution is -0.138. The summed E-state index contributed by atoms with van der Waals surface area (Å²) in [6.07, 6.45) is 0. The Balaban J connectivity index is 0.00000560. The second kappa shape index (κ2) is 14.3. The van der Waals surface area contributed by atoms with Crippen LogP contribution in [0.25, 0.3) is 0 Å². The number of carboxylic acid groups (broad SMARTS) is 2. The molecule has 0 atom stereocenters. The molecule has 0 spiro atoms. The van der Waals surface area contributed by atoms with Gasteiger partial charge < -0.3 is 31.3 Å². The highest BCUT2D eigenvalue weighted by molar-refractivity contribution is 7.12. The van der Waals surface area contributed by atoms with E-state index in [1.807, 2.05) is 0 Å². The summed E-state index contributed by atoms with van der Waals surface area (Å²) < 4.78 is 5.36. The van der Waals surface area contributed by atoms with Crippen molar-refractivity contribution in [3.63, 3.8) is 0 Å². The van der Waals surface area contributed by atoms with Crippen molar-refractivity contribution in [1.29, 1.82) is 0 Å². The number of anilines is 1. The Kier molecular flexibility index (Phi) is 11.4. The molecule has 1 heterocycles. The maximum absolute atomic E-state index is 13.0. The lowest BCUT2D eigenvalue weighted by Gasteiger charge is -2.24. The Bertz CT molecular complexity index is 1430. The Morgan fingerprint density at radius 2 is 1.70 bits per heavy atom. The first-order valence-corrected chi connectivity index (χ1v) is 12.4. The SMILES string of the molecule is CN(C(=O)CN(CC(=O)O)Cc1csc(C(=O)O)c1)c1ccc(OC(=O)c2ccc(N=C(N)N)cc2)cc1Cl.Cl. The number of likely N-dealkylation sites (N-methyl/N-ethyl adjacent to an activating group) is 1. The maximum Gasteiger partial charge on any atom is 0.345 e. The molecule has 0 bridgehead atoms. The standard InChI is InChI=1S/C25H24ClN5O7S.ClH/c1-30(21(32)11-31(12-22(33)34)10-14-8-20(23(35)36)39-13-14)19-7-6-17(9-18(19)26)38-24(37)15-2-4-16(5-3-15)29-25(27)28;/h2-9,13H,10-12H2,1H3,(H,33,34)(H,35,36)(H4,27,28,29);1H. The zero-order chi connectivity index (χ0) is 28.7. The molecule has 212 valence electrons. The highest BCUT2D eigenvalue weighted by Crippen LogP contribution is 2.30. The Hall–Kier alpha value is -4.17. The van der Waals surface area contributed by atoms with Crippen molar-refractivity contribution < 1.29 is 34.1 Å². The minimum Gasteiger partial charge on any atom is -0.480 e. The van der Waals surface area contributed by atoms with Gasteiger partial charge in [0.15, 0.2) is 5.96 Å². The van der Waals surface area contributed by atoms with E-state index in [-0.39, 0.29) is 52.7 Å². The fourth-order valence-corrected chi connectivity index (χ4v) is 4.47. The van der Waals surface area contributed by atoms with E-state index in [9.17, 15) is 24.3 Å². The number of carbonyl (C=O) groups excluding carboxylic acids is 2. The van der Waals surface area contributed by atoms with Crippen molar-refractivity contribution >= 4 is 76.5 Å². The van der Waals surface area contributed by atoms with Crippen molar-refractivity contribution in [2.24, 2.45) is 16.5 Å². The number of guanidine groups is 1. The third kappa shape index (κ3) is 8.95. The molecule has 0 saturated heterocycles. The number of hydrogen-bond donors (Lipinski definition) is 4. The predicted molar refractivity (Wildman–Crippen MR) is 153 cm³/mol. The van der Waals surface area contributed by atoms with E-state index >= 15 is 0 Å². The summed E-state index contributed by atoms with van der Waals surface area (Å²) in [5, 5.41) is 20.1. The molecule has 12 nitrogen and oxygen atoms in total. The Labute approximate surface area is 243 Å². The van der Waals surface area contributed by atoms with Crippen LogP contribution in [0.15, 0.2) is 58.9 Å². The molecule has 1 aromatic heterocycles. The molecule has 0 saturated carbocycles. The summed E-state index contributed by atoms with van der Waals surface area (Å²) in [5.41, 5.74) is 12.3. The third-order valence-electron chi connectivity index (χ3n) is 5.21. The second-order valence-corrected chi connectivity index (χ2v) is 9.52. The summed E-state index contributed by atoms with van der Waals surface area (Å²) in [7, 11) is 1.47. The van der Waals surface area contributed by atoms with Gasteiger partial charge in [-0.3, -0.25) is 14.5 Å². The van der Waals surface area contributed by atoms with Gasteiger partial charge in [0.1, 0.15) is 10.6 Å². The maximum atomic E-state index is 13.0. The first-order chi connectivity index (χ1) is 18.4. The van der Waals surface area contributed by atoms with Crippen molar-refractivity contribution in [2.45, 2.75) is 6.54 Å². The fourth-order valence-electron chi connectivity index (χ4n) is 3.43. The van der Waals surface area contributed by atoms with Gasteiger partial charge in [-0.2, -0.15) is 0 Å². The van der Waals surface area contributed by atoms with Crippen LogP contribution in [0.1, 0.15) is 25.6 Å². The molecule has 2 aromatic carbocycles. The molecule has 0 fully saturated rings. The summed E-state index contributed by atoms with van der Waals surface area (Å²) in [4.78, 5) is 54.5. The minimum absolute atomic E-state index is 0. The van der Waals surface area contributed by atoms with Gasteiger partial charge in [0.05, 0.1) is 35.1 Å². The molecule has 0 aliphatic heterocycles. The number of nitrogens with zero attached hydrogens (tertiary/aromatic N) is 3. The van der Waals surface area contributed by atoms with Crippen LogP contribution < -0.4 is 21.1 Å². The average Bonchev–Trinajstić information content (AvgIpc) is 3.32. The van der Waals surface area contributed by atoms with E-state index in [4.69, 9.17) is 32.9 Å². The summed E-state index contributed by atoms with van der Waals surface area (Å²) in [5.74, 6) is -3.32.